The van der Waals surface area contributed by atoms with Crippen LogP contribution in [0.5, 0.6) is 0 Å². The second-order valence-corrected chi connectivity index (χ2v) is 4.88. The van der Waals surface area contributed by atoms with E-state index in [4.69, 9.17) is 16.0 Å². The van der Waals surface area contributed by atoms with E-state index in [0.29, 0.717) is 22.1 Å². The number of carbonyl (C=O) groups is 1. The maximum absolute atomic E-state index is 12.0. The van der Waals surface area contributed by atoms with Crippen LogP contribution in [-0.2, 0) is 0 Å². The van der Waals surface area contributed by atoms with Crippen LogP contribution in [0, 0.1) is 0 Å². The predicted octanol–water partition coefficient (Wildman–Crippen LogP) is 5.05. The molecule has 1 heterocycles. The minimum Gasteiger partial charge on any atom is -0.453 e. The molecule has 0 bridgehead atoms. The van der Waals surface area contributed by atoms with E-state index in [1.54, 1.807) is 30.3 Å². The molecule has 4 nitrogen and oxygen atoms in total. The zero-order chi connectivity index (χ0) is 14.7. The van der Waals surface area contributed by atoms with E-state index in [2.05, 4.69) is 10.2 Å². The van der Waals surface area contributed by atoms with Gasteiger partial charge in [-0.05, 0) is 36.4 Å². The first-order valence-electron chi connectivity index (χ1n) is 6.37. The molecule has 0 aliphatic rings. The molecule has 0 aliphatic carbocycles. The van der Waals surface area contributed by atoms with Crippen LogP contribution >= 0.6 is 11.6 Å². The number of Topliss-reactive ketones (excluding diaryl/α,β-unsaturated/α-hetero) is 1. The molecule has 0 spiro atoms. The SMILES string of the molecule is O=C(CN=Nc1ccc(Cl)cc1)c1cc2ccccc2o1. The predicted molar refractivity (Wildman–Crippen MR) is 81.4 cm³/mol. The molecule has 2 aromatic carbocycles. The Morgan fingerprint density at radius 1 is 1.10 bits per heavy atom. The minimum atomic E-state index is -0.205. The molecule has 0 unspecified atom stereocenters. The Labute approximate surface area is 126 Å². The number of ketones is 1. The van der Waals surface area contributed by atoms with Gasteiger partial charge in [0.25, 0.3) is 0 Å². The van der Waals surface area contributed by atoms with E-state index < -0.39 is 0 Å². The number of hydrogen-bond donors (Lipinski definition) is 0. The van der Waals surface area contributed by atoms with Gasteiger partial charge in [0.2, 0.25) is 5.78 Å². The fourth-order valence-electron chi connectivity index (χ4n) is 1.89. The molecule has 3 aromatic rings. The Kier molecular flexibility index (Phi) is 3.79. The molecule has 3 rings (SSSR count). The van der Waals surface area contributed by atoms with Crippen molar-refractivity contribution in [3.8, 4) is 0 Å². The summed E-state index contributed by atoms with van der Waals surface area (Å²) in [6.07, 6.45) is 0. The third kappa shape index (κ3) is 3.17. The summed E-state index contributed by atoms with van der Waals surface area (Å²) in [4.78, 5) is 12.0. The molecule has 21 heavy (non-hydrogen) atoms. The van der Waals surface area contributed by atoms with Gasteiger partial charge < -0.3 is 4.42 Å². The molecule has 5 heteroatoms. The van der Waals surface area contributed by atoms with Gasteiger partial charge in [0.15, 0.2) is 5.76 Å². The number of benzene rings is 2. The van der Waals surface area contributed by atoms with Crippen molar-refractivity contribution in [2.24, 2.45) is 10.2 Å². The number of nitrogens with zero attached hydrogens (tertiary/aromatic N) is 2. The number of halogens is 1. The molecular formula is C16H11ClN2O2. The van der Waals surface area contributed by atoms with Crippen LogP contribution in [0.4, 0.5) is 5.69 Å². The smallest absolute Gasteiger partial charge is 0.221 e. The van der Waals surface area contributed by atoms with Crippen molar-refractivity contribution in [3.63, 3.8) is 0 Å². The molecule has 0 saturated heterocycles. The zero-order valence-electron chi connectivity index (χ0n) is 11.0. The fourth-order valence-corrected chi connectivity index (χ4v) is 2.01. The van der Waals surface area contributed by atoms with E-state index in [-0.39, 0.29) is 12.3 Å². The van der Waals surface area contributed by atoms with Crippen LogP contribution in [0.25, 0.3) is 11.0 Å². The standard InChI is InChI=1S/C16H11ClN2O2/c17-12-5-7-13(8-6-12)19-18-10-14(20)16-9-11-3-1-2-4-15(11)21-16/h1-9H,10H2. The number of para-hydroxylation sites is 1. The molecule has 1 aromatic heterocycles. The van der Waals surface area contributed by atoms with Crippen LogP contribution in [0.2, 0.25) is 5.02 Å². The first kappa shape index (κ1) is 13.5. The monoisotopic (exact) mass is 298 g/mol. The Hall–Kier alpha value is -2.46. The number of fused-ring (bicyclic) bond motifs is 1. The van der Waals surface area contributed by atoms with Crippen molar-refractivity contribution in [3.05, 3.63) is 65.4 Å². The number of furan rings is 1. The normalized spacial score (nSPS) is 11.3. The van der Waals surface area contributed by atoms with Gasteiger partial charge >= 0.3 is 0 Å². The lowest BCUT2D eigenvalue weighted by Crippen LogP contribution is -2.00. The Balaban J connectivity index is 1.70. The lowest BCUT2D eigenvalue weighted by Gasteiger charge is -1.93. The fraction of sp³-hybridized carbons (Fsp3) is 0.0625. The summed E-state index contributed by atoms with van der Waals surface area (Å²) in [7, 11) is 0. The molecule has 0 fully saturated rings. The van der Waals surface area contributed by atoms with Gasteiger partial charge in [-0.25, -0.2) is 0 Å². The summed E-state index contributed by atoms with van der Waals surface area (Å²) in [5, 5.41) is 9.39. The third-order valence-electron chi connectivity index (χ3n) is 2.93. The Morgan fingerprint density at radius 2 is 1.86 bits per heavy atom. The lowest BCUT2D eigenvalue weighted by atomic mass is 10.2. The second-order valence-electron chi connectivity index (χ2n) is 4.45. The summed E-state index contributed by atoms with van der Waals surface area (Å²) in [5.74, 6) is 0.0927. The van der Waals surface area contributed by atoms with E-state index in [1.165, 1.54) is 0 Å². The molecule has 104 valence electrons. The van der Waals surface area contributed by atoms with E-state index >= 15 is 0 Å². The van der Waals surface area contributed by atoms with Crippen molar-refractivity contribution >= 4 is 34.0 Å². The van der Waals surface area contributed by atoms with Gasteiger partial charge in [-0.2, -0.15) is 10.2 Å². The quantitative estimate of drug-likeness (QED) is 0.500. The molecular weight excluding hydrogens is 288 g/mol. The Morgan fingerprint density at radius 3 is 2.62 bits per heavy atom. The summed E-state index contributed by atoms with van der Waals surface area (Å²) >= 11 is 5.78. The highest BCUT2D eigenvalue weighted by molar-refractivity contribution is 6.30. The third-order valence-corrected chi connectivity index (χ3v) is 3.18. The van der Waals surface area contributed by atoms with E-state index in [9.17, 15) is 4.79 Å². The molecule has 0 radical (unpaired) electrons. The maximum atomic E-state index is 12.0. The number of hydrogen-bond acceptors (Lipinski definition) is 4. The maximum Gasteiger partial charge on any atom is 0.221 e. The summed E-state index contributed by atoms with van der Waals surface area (Å²) in [6.45, 7) is -0.0531. The number of azo groups is 1. The largest absolute Gasteiger partial charge is 0.453 e. The van der Waals surface area contributed by atoms with E-state index in [1.807, 2.05) is 24.3 Å². The average Bonchev–Trinajstić information content (AvgIpc) is 2.93. The van der Waals surface area contributed by atoms with Crippen molar-refractivity contribution < 1.29 is 9.21 Å². The van der Waals surface area contributed by atoms with Crippen LogP contribution in [0.1, 0.15) is 10.6 Å². The van der Waals surface area contributed by atoms with Gasteiger partial charge in [0, 0.05) is 10.4 Å². The molecule has 0 N–H and O–H groups in total. The minimum absolute atomic E-state index is 0.0531. The zero-order valence-corrected chi connectivity index (χ0v) is 11.7. The van der Waals surface area contributed by atoms with Crippen molar-refractivity contribution in [1.29, 1.82) is 0 Å². The first-order chi connectivity index (χ1) is 10.2. The van der Waals surface area contributed by atoms with Crippen LogP contribution in [0.15, 0.2) is 69.2 Å². The van der Waals surface area contributed by atoms with Crippen molar-refractivity contribution in [1.82, 2.24) is 0 Å². The van der Waals surface area contributed by atoms with Gasteiger partial charge in [0.1, 0.15) is 12.1 Å². The highest BCUT2D eigenvalue weighted by Gasteiger charge is 2.11. The topological polar surface area (TPSA) is 54.9 Å². The van der Waals surface area contributed by atoms with Gasteiger partial charge in [-0.3, -0.25) is 4.79 Å². The van der Waals surface area contributed by atoms with Crippen LogP contribution in [0.3, 0.4) is 0 Å². The van der Waals surface area contributed by atoms with Crippen molar-refractivity contribution in [2.75, 3.05) is 6.54 Å². The lowest BCUT2D eigenvalue weighted by molar-refractivity contribution is 0.0976. The van der Waals surface area contributed by atoms with Gasteiger partial charge in [0.05, 0.1) is 5.69 Å². The summed E-state index contributed by atoms with van der Waals surface area (Å²) in [6, 6.07) is 16.1. The number of rotatable bonds is 4. The van der Waals surface area contributed by atoms with E-state index in [0.717, 1.165) is 5.39 Å². The number of carbonyl (C=O) groups excluding carboxylic acids is 1. The highest BCUT2D eigenvalue weighted by Crippen LogP contribution is 2.20. The summed E-state index contributed by atoms with van der Waals surface area (Å²) in [5.41, 5.74) is 1.34. The molecule has 0 atom stereocenters. The van der Waals surface area contributed by atoms with Crippen LogP contribution in [-0.4, -0.2) is 12.3 Å². The van der Waals surface area contributed by atoms with Gasteiger partial charge in [-0.1, -0.05) is 29.8 Å². The highest BCUT2D eigenvalue weighted by atomic mass is 35.5. The Bertz CT molecular complexity index is 774. The first-order valence-corrected chi connectivity index (χ1v) is 6.75. The van der Waals surface area contributed by atoms with Crippen molar-refractivity contribution in [2.45, 2.75) is 0 Å². The average molecular weight is 299 g/mol. The molecule has 0 saturated carbocycles. The van der Waals surface area contributed by atoms with Crippen LogP contribution < -0.4 is 0 Å². The molecule has 0 amide bonds. The second kappa shape index (κ2) is 5.89. The van der Waals surface area contributed by atoms with Gasteiger partial charge in [-0.15, -0.1) is 0 Å². The molecule has 0 aliphatic heterocycles. The summed E-state index contributed by atoms with van der Waals surface area (Å²) < 4.78 is 5.48.